The highest BCUT2D eigenvalue weighted by Crippen LogP contribution is 2.42. The summed E-state index contributed by atoms with van der Waals surface area (Å²) in [6, 6.07) is 0.0331. The molecular formula is C14H26N2O3. The quantitative estimate of drug-likeness (QED) is 0.654. The molecule has 1 amide bonds. The minimum absolute atomic E-state index is 0.0176. The van der Waals surface area contributed by atoms with E-state index in [0.717, 1.165) is 19.3 Å². The SMILES string of the molecule is CC(=O)NCC[C@H](C)CCC1(C(=O)O)CCC(N)C1. The fourth-order valence-electron chi connectivity index (χ4n) is 2.86. The number of carboxylic acid groups (broad SMARTS) is 1. The van der Waals surface area contributed by atoms with Crippen molar-refractivity contribution >= 4 is 11.9 Å². The Hall–Kier alpha value is -1.10. The average Bonchev–Trinajstić information content (AvgIpc) is 2.69. The van der Waals surface area contributed by atoms with Gasteiger partial charge in [0.2, 0.25) is 5.91 Å². The number of rotatable bonds is 7. The van der Waals surface area contributed by atoms with E-state index >= 15 is 0 Å². The van der Waals surface area contributed by atoms with Crippen molar-refractivity contribution in [3.05, 3.63) is 0 Å². The molecule has 0 aliphatic heterocycles. The number of nitrogens with one attached hydrogen (secondary N) is 1. The normalized spacial score (nSPS) is 28.1. The van der Waals surface area contributed by atoms with Gasteiger partial charge in [-0.3, -0.25) is 9.59 Å². The summed E-state index contributed by atoms with van der Waals surface area (Å²) in [7, 11) is 0. The van der Waals surface area contributed by atoms with Gasteiger partial charge < -0.3 is 16.2 Å². The van der Waals surface area contributed by atoms with Crippen molar-refractivity contribution in [2.24, 2.45) is 17.1 Å². The minimum atomic E-state index is -0.700. The zero-order valence-electron chi connectivity index (χ0n) is 11.9. The van der Waals surface area contributed by atoms with E-state index in [9.17, 15) is 14.7 Å². The molecule has 0 aromatic carbocycles. The van der Waals surface area contributed by atoms with Gasteiger partial charge in [0, 0.05) is 19.5 Å². The van der Waals surface area contributed by atoms with Crippen molar-refractivity contribution in [3.8, 4) is 0 Å². The van der Waals surface area contributed by atoms with Gasteiger partial charge >= 0.3 is 5.97 Å². The van der Waals surface area contributed by atoms with E-state index in [1.54, 1.807) is 0 Å². The summed E-state index contributed by atoms with van der Waals surface area (Å²) in [5, 5.41) is 12.2. The van der Waals surface area contributed by atoms with Crippen LogP contribution in [0.1, 0.15) is 52.4 Å². The highest BCUT2D eigenvalue weighted by atomic mass is 16.4. The minimum Gasteiger partial charge on any atom is -0.481 e. The van der Waals surface area contributed by atoms with Crippen LogP contribution in [0.15, 0.2) is 0 Å². The van der Waals surface area contributed by atoms with Crippen molar-refractivity contribution in [1.29, 1.82) is 0 Å². The summed E-state index contributed by atoms with van der Waals surface area (Å²) >= 11 is 0. The molecule has 4 N–H and O–H groups in total. The predicted octanol–water partition coefficient (Wildman–Crippen LogP) is 1.51. The summed E-state index contributed by atoms with van der Waals surface area (Å²) in [6.07, 6.45) is 4.56. The molecule has 2 unspecified atom stereocenters. The molecular weight excluding hydrogens is 244 g/mol. The first-order chi connectivity index (χ1) is 8.85. The van der Waals surface area contributed by atoms with Gasteiger partial charge in [-0.1, -0.05) is 6.92 Å². The second-order valence-electron chi connectivity index (χ2n) is 6.00. The first kappa shape index (κ1) is 16.0. The van der Waals surface area contributed by atoms with Gasteiger partial charge in [-0.2, -0.15) is 0 Å². The Morgan fingerprint density at radius 3 is 2.63 bits per heavy atom. The summed E-state index contributed by atoms with van der Waals surface area (Å²) < 4.78 is 0. The molecule has 0 heterocycles. The Labute approximate surface area is 114 Å². The second-order valence-corrected chi connectivity index (χ2v) is 6.00. The van der Waals surface area contributed by atoms with Crippen LogP contribution in [0.3, 0.4) is 0 Å². The number of hydrogen-bond acceptors (Lipinski definition) is 3. The number of nitrogens with two attached hydrogens (primary N) is 1. The molecule has 1 saturated carbocycles. The Morgan fingerprint density at radius 1 is 1.47 bits per heavy atom. The third-order valence-corrected chi connectivity index (χ3v) is 4.23. The smallest absolute Gasteiger partial charge is 0.309 e. The second kappa shape index (κ2) is 6.89. The van der Waals surface area contributed by atoms with E-state index < -0.39 is 11.4 Å². The average molecular weight is 270 g/mol. The lowest BCUT2D eigenvalue weighted by Gasteiger charge is -2.25. The molecule has 1 rings (SSSR count). The Morgan fingerprint density at radius 2 is 2.16 bits per heavy atom. The molecule has 1 aliphatic rings. The zero-order chi connectivity index (χ0) is 14.5. The standard InChI is InChI=1S/C14H26N2O3/c1-10(5-8-16-11(2)17)3-6-14(13(18)19)7-4-12(15)9-14/h10,12H,3-9,15H2,1-2H3,(H,16,17)(H,18,19)/t10-,12?,14?/m1/s1. The molecule has 0 saturated heterocycles. The lowest BCUT2D eigenvalue weighted by atomic mass is 9.79. The Kier molecular flexibility index (Phi) is 5.79. The lowest BCUT2D eigenvalue weighted by molar-refractivity contribution is -0.149. The van der Waals surface area contributed by atoms with Crippen LogP contribution in [0.2, 0.25) is 0 Å². The van der Waals surface area contributed by atoms with Crippen molar-refractivity contribution in [2.45, 2.75) is 58.4 Å². The van der Waals surface area contributed by atoms with E-state index in [-0.39, 0.29) is 11.9 Å². The van der Waals surface area contributed by atoms with Crippen LogP contribution >= 0.6 is 0 Å². The van der Waals surface area contributed by atoms with Crippen LogP contribution in [0.5, 0.6) is 0 Å². The number of carbonyl (C=O) groups excluding carboxylic acids is 1. The molecule has 5 heteroatoms. The van der Waals surface area contributed by atoms with E-state index in [4.69, 9.17) is 5.73 Å². The summed E-state index contributed by atoms with van der Waals surface area (Å²) in [5.41, 5.74) is 5.25. The molecule has 1 aliphatic carbocycles. The molecule has 5 nitrogen and oxygen atoms in total. The molecule has 3 atom stereocenters. The van der Waals surface area contributed by atoms with Crippen molar-refractivity contribution < 1.29 is 14.7 Å². The highest BCUT2D eigenvalue weighted by molar-refractivity contribution is 5.75. The number of carbonyl (C=O) groups is 2. The van der Waals surface area contributed by atoms with Crippen molar-refractivity contribution in [1.82, 2.24) is 5.32 Å². The van der Waals surface area contributed by atoms with Gasteiger partial charge in [-0.25, -0.2) is 0 Å². The summed E-state index contributed by atoms with van der Waals surface area (Å²) in [4.78, 5) is 22.2. The van der Waals surface area contributed by atoms with Crippen LogP contribution in [0, 0.1) is 11.3 Å². The van der Waals surface area contributed by atoms with Gasteiger partial charge in [-0.05, 0) is 44.4 Å². The maximum absolute atomic E-state index is 11.5. The molecule has 19 heavy (non-hydrogen) atoms. The first-order valence-corrected chi connectivity index (χ1v) is 7.09. The fraction of sp³-hybridized carbons (Fsp3) is 0.857. The van der Waals surface area contributed by atoms with Crippen LogP contribution in [0.4, 0.5) is 0 Å². The van der Waals surface area contributed by atoms with Crippen LogP contribution in [-0.4, -0.2) is 29.6 Å². The first-order valence-electron chi connectivity index (χ1n) is 7.09. The van der Waals surface area contributed by atoms with E-state index in [1.807, 2.05) is 0 Å². The molecule has 0 spiro atoms. The third kappa shape index (κ3) is 4.82. The third-order valence-electron chi connectivity index (χ3n) is 4.23. The van der Waals surface area contributed by atoms with E-state index in [2.05, 4.69) is 12.2 Å². The topological polar surface area (TPSA) is 92.4 Å². The van der Waals surface area contributed by atoms with Crippen molar-refractivity contribution in [3.63, 3.8) is 0 Å². The largest absolute Gasteiger partial charge is 0.481 e. The molecule has 0 radical (unpaired) electrons. The van der Waals surface area contributed by atoms with E-state index in [1.165, 1.54) is 6.92 Å². The van der Waals surface area contributed by atoms with E-state index in [0.29, 0.717) is 31.7 Å². The Balaban J connectivity index is 2.36. The number of amides is 1. The number of aliphatic carboxylic acids is 1. The maximum Gasteiger partial charge on any atom is 0.309 e. The summed E-state index contributed by atoms with van der Waals surface area (Å²) in [6.45, 7) is 4.27. The monoisotopic (exact) mass is 270 g/mol. The van der Waals surface area contributed by atoms with Gasteiger partial charge in [0.15, 0.2) is 0 Å². The maximum atomic E-state index is 11.5. The zero-order valence-corrected chi connectivity index (χ0v) is 11.9. The molecule has 1 fully saturated rings. The van der Waals surface area contributed by atoms with Gasteiger partial charge in [0.05, 0.1) is 5.41 Å². The van der Waals surface area contributed by atoms with Gasteiger partial charge in [-0.15, -0.1) is 0 Å². The van der Waals surface area contributed by atoms with Crippen LogP contribution in [-0.2, 0) is 9.59 Å². The van der Waals surface area contributed by atoms with Crippen LogP contribution < -0.4 is 11.1 Å². The van der Waals surface area contributed by atoms with Gasteiger partial charge in [0.1, 0.15) is 0 Å². The lowest BCUT2D eigenvalue weighted by Crippen LogP contribution is -2.31. The predicted molar refractivity (Wildman–Crippen MR) is 73.6 cm³/mol. The van der Waals surface area contributed by atoms with Gasteiger partial charge in [0.25, 0.3) is 0 Å². The Bertz CT molecular complexity index is 333. The molecule has 0 bridgehead atoms. The molecule has 0 aromatic rings. The summed E-state index contributed by atoms with van der Waals surface area (Å²) in [5.74, 6) is -0.301. The van der Waals surface area contributed by atoms with Crippen molar-refractivity contribution in [2.75, 3.05) is 6.54 Å². The molecule has 0 aromatic heterocycles. The molecule has 110 valence electrons. The number of hydrogen-bond donors (Lipinski definition) is 3. The highest BCUT2D eigenvalue weighted by Gasteiger charge is 2.43. The van der Waals surface area contributed by atoms with Crippen LogP contribution in [0.25, 0.3) is 0 Å². The fourth-order valence-corrected chi connectivity index (χ4v) is 2.86. The number of carboxylic acids is 1.